The number of thioether (sulfide) groups is 1. The quantitative estimate of drug-likeness (QED) is 0.789. The Kier molecular flexibility index (Phi) is 7.59. The molecule has 1 atom stereocenters. The number of hydrogen-bond acceptors (Lipinski definition) is 4. The van der Waals surface area contributed by atoms with E-state index < -0.39 is 0 Å². The number of amides is 1. The van der Waals surface area contributed by atoms with Crippen LogP contribution in [-0.4, -0.2) is 68.4 Å². The molecular formula is C19H30N2O2S. The fraction of sp³-hybridized carbons (Fsp3) is 0.632. The first-order valence-electron chi connectivity index (χ1n) is 8.59. The topological polar surface area (TPSA) is 32.8 Å². The molecule has 0 aliphatic carbocycles. The van der Waals surface area contributed by atoms with E-state index in [9.17, 15) is 4.79 Å². The molecular weight excluding hydrogens is 320 g/mol. The lowest BCUT2D eigenvalue weighted by molar-refractivity contribution is -0.128. The molecule has 24 heavy (non-hydrogen) atoms. The number of carbonyl (C=O) groups is 1. The lowest BCUT2D eigenvalue weighted by atomic mass is 10.1. The van der Waals surface area contributed by atoms with E-state index in [1.807, 2.05) is 4.90 Å². The standard InChI is InChI=1S/C19H30N2O2S/c1-15-7-16(2)9-17(8-15)13-24-14-19(22)21-5-6-23-12-18(11-21)10-20(3)4/h7-9,18H,5-6,10-14H2,1-4H3. The van der Waals surface area contributed by atoms with Gasteiger partial charge >= 0.3 is 0 Å². The van der Waals surface area contributed by atoms with Crippen LogP contribution in [0.3, 0.4) is 0 Å². The number of nitrogens with zero attached hydrogens (tertiary/aromatic N) is 2. The molecule has 1 aromatic carbocycles. The van der Waals surface area contributed by atoms with Gasteiger partial charge in [-0.15, -0.1) is 11.8 Å². The molecule has 1 saturated heterocycles. The highest BCUT2D eigenvalue weighted by Crippen LogP contribution is 2.17. The van der Waals surface area contributed by atoms with Crippen LogP contribution >= 0.6 is 11.8 Å². The SMILES string of the molecule is Cc1cc(C)cc(CSCC(=O)N2CCOCC(CN(C)C)C2)c1. The number of benzene rings is 1. The first kappa shape index (κ1) is 19.3. The average Bonchev–Trinajstić information content (AvgIpc) is 2.71. The average molecular weight is 351 g/mol. The number of carbonyl (C=O) groups excluding carboxylic acids is 1. The van der Waals surface area contributed by atoms with E-state index in [4.69, 9.17) is 4.74 Å². The van der Waals surface area contributed by atoms with Gasteiger partial charge in [0.25, 0.3) is 0 Å². The lowest BCUT2D eigenvalue weighted by Gasteiger charge is -2.25. The van der Waals surface area contributed by atoms with Gasteiger partial charge in [-0.2, -0.15) is 0 Å². The molecule has 1 amide bonds. The second-order valence-corrected chi connectivity index (χ2v) is 8.02. The van der Waals surface area contributed by atoms with E-state index in [2.05, 4.69) is 51.0 Å². The van der Waals surface area contributed by atoms with E-state index in [1.165, 1.54) is 16.7 Å². The Bertz CT molecular complexity index is 528. The van der Waals surface area contributed by atoms with Crippen molar-refractivity contribution >= 4 is 17.7 Å². The maximum Gasteiger partial charge on any atom is 0.232 e. The summed E-state index contributed by atoms with van der Waals surface area (Å²) in [6.45, 7) is 8.12. The Morgan fingerprint density at radius 3 is 2.67 bits per heavy atom. The molecule has 0 spiro atoms. The van der Waals surface area contributed by atoms with Crippen LogP contribution in [0.2, 0.25) is 0 Å². The maximum absolute atomic E-state index is 12.5. The number of ether oxygens (including phenoxy) is 1. The third-order valence-electron chi connectivity index (χ3n) is 4.09. The number of hydrogen-bond donors (Lipinski definition) is 0. The van der Waals surface area contributed by atoms with E-state index in [-0.39, 0.29) is 5.91 Å². The second-order valence-electron chi connectivity index (χ2n) is 7.03. The van der Waals surface area contributed by atoms with Crippen LogP contribution in [0.1, 0.15) is 16.7 Å². The van der Waals surface area contributed by atoms with Crippen molar-refractivity contribution in [2.75, 3.05) is 52.7 Å². The summed E-state index contributed by atoms with van der Waals surface area (Å²) in [4.78, 5) is 16.7. The molecule has 1 unspecified atom stereocenters. The molecule has 0 bridgehead atoms. The van der Waals surface area contributed by atoms with Crippen molar-refractivity contribution in [3.8, 4) is 0 Å². The maximum atomic E-state index is 12.5. The van der Waals surface area contributed by atoms with Crippen molar-refractivity contribution in [1.82, 2.24) is 9.80 Å². The van der Waals surface area contributed by atoms with Crippen LogP contribution in [0.15, 0.2) is 18.2 Å². The summed E-state index contributed by atoms with van der Waals surface area (Å²) < 4.78 is 5.66. The lowest BCUT2D eigenvalue weighted by Crippen LogP contribution is -2.39. The summed E-state index contributed by atoms with van der Waals surface area (Å²) in [7, 11) is 4.13. The summed E-state index contributed by atoms with van der Waals surface area (Å²) in [5, 5.41) is 0. The normalized spacial score (nSPS) is 18.7. The molecule has 1 heterocycles. The monoisotopic (exact) mass is 350 g/mol. The van der Waals surface area contributed by atoms with Crippen molar-refractivity contribution in [2.45, 2.75) is 19.6 Å². The Balaban J connectivity index is 1.82. The van der Waals surface area contributed by atoms with E-state index >= 15 is 0 Å². The van der Waals surface area contributed by atoms with E-state index in [0.29, 0.717) is 24.8 Å². The van der Waals surface area contributed by atoms with Gasteiger partial charge in [-0.1, -0.05) is 29.3 Å². The summed E-state index contributed by atoms with van der Waals surface area (Å²) in [5.74, 6) is 2.07. The van der Waals surface area contributed by atoms with Crippen LogP contribution in [0.5, 0.6) is 0 Å². The van der Waals surface area contributed by atoms with Crippen LogP contribution in [0.25, 0.3) is 0 Å². The van der Waals surface area contributed by atoms with Crippen molar-refractivity contribution in [3.63, 3.8) is 0 Å². The zero-order valence-corrected chi connectivity index (χ0v) is 16.2. The highest BCUT2D eigenvalue weighted by molar-refractivity contribution is 7.99. The molecule has 1 aliphatic rings. The molecule has 4 nitrogen and oxygen atoms in total. The van der Waals surface area contributed by atoms with Gasteiger partial charge in [0.15, 0.2) is 0 Å². The summed E-state index contributed by atoms with van der Waals surface area (Å²) in [6.07, 6.45) is 0. The molecule has 1 aliphatic heterocycles. The third kappa shape index (κ3) is 6.46. The van der Waals surface area contributed by atoms with Gasteiger partial charge in [-0.05, 0) is 33.5 Å². The zero-order chi connectivity index (χ0) is 17.5. The fourth-order valence-corrected chi connectivity index (χ4v) is 4.10. The van der Waals surface area contributed by atoms with Crippen LogP contribution in [-0.2, 0) is 15.3 Å². The number of aryl methyl sites for hydroxylation is 2. The molecule has 0 saturated carbocycles. The van der Waals surface area contributed by atoms with Gasteiger partial charge in [-0.25, -0.2) is 0 Å². The molecule has 1 fully saturated rings. The molecule has 0 N–H and O–H groups in total. The van der Waals surface area contributed by atoms with E-state index in [1.54, 1.807) is 11.8 Å². The van der Waals surface area contributed by atoms with Crippen molar-refractivity contribution in [1.29, 1.82) is 0 Å². The minimum absolute atomic E-state index is 0.235. The minimum Gasteiger partial charge on any atom is -0.379 e. The zero-order valence-electron chi connectivity index (χ0n) is 15.4. The molecule has 5 heteroatoms. The largest absolute Gasteiger partial charge is 0.379 e. The predicted octanol–water partition coefficient (Wildman–Crippen LogP) is 2.57. The molecule has 134 valence electrons. The third-order valence-corrected chi connectivity index (χ3v) is 5.08. The summed E-state index contributed by atoms with van der Waals surface area (Å²) in [5.41, 5.74) is 3.87. The smallest absolute Gasteiger partial charge is 0.232 e. The van der Waals surface area contributed by atoms with E-state index in [0.717, 1.165) is 25.4 Å². The Hall–Kier alpha value is -1.04. The molecule has 0 radical (unpaired) electrons. The van der Waals surface area contributed by atoms with Gasteiger partial charge in [0, 0.05) is 31.3 Å². The second kappa shape index (κ2) is 9.44. The minimum atomic E-state index is 0.235. The number of rotatable bonds is 6. The van der Waals surface area contributed by atoms with Crippen LogP contribution in [0.4, 0.5) is 0 Å². The first-order valence-corrected chi connectivity index (χ1v) is 9.74. The first-order chi connectivity index (χ1) is 11.4. The molecule has 2 rings (SSSR count). The Morgan fingerprint density at radius 2 is 2.00 bits per heavy atom. The molecule has 0 aromatic heterocycles. The highest BCUT2D eigenvalue weighted by atomic mass is 32.2. The molecule has 1 aromatic rings. The van der Waals surface area contributed by atoms with Gasteiger partial charge in [0.1, 0.15) is 0 Å². The van der Waals surface area contributed by atoms with Crippen LogP contribution in [0, 0.1) is 19.8 Å². The Labute approximate surface area is 150 Å². The van der Waals surface area contributed by atoms with Gasteiger partial charge in [-0.3, -0.25) is 4.79 Å². The van der Waals surface area contributed by atoms with Gasteiger partial charge in [0.05, 0.1) is 19.0 Å². The fourth-order valence-electron chi connectivity index (χ4n) is 3.23. The summed E-state index contributed by atoms with van der Waals surface area (Å²) >= 11 is 1.71. The predicted molar refractivity (Wildman–Crippen MR) is 102 cm³/mol. The Morgan fingerprint density at radius 1 is 1.29 bits per heavy atom. The van der Waals surface area contributed by atoms with Gasteiger partial charge < -0.3 is 14.5 Å². The van der Waals surface area contributed by atoms with Gasteiger partial charge in [0.2, 0.25) is 5.91 Å². The van der Waals surface area contributed by atoms with Crippen molar-refractivity contribution in [2.24, 2.45) is 5.92 Å². The highest BCUT2D eigenvalue weighted by Gasteiger charge is 2.22. The summed E-state index contributed by atoms with van der Waals surface area (Å²) in [6, 6.07) is 6.59. The van der Waals surface area contributed by atoms with Crippen molar-refractivity contribution < 1.29 is 9.53 Å². The van der Waals surface area contributed by atoms with Crippen molar-refractivity contribution in [3.05, 3.63) is 34.9 Å². The van der Waals surface area contributed by atoms with Crippen LogP contribution < -0.4 is 0 Å².